The molecule has 5 rings (SSSR count). The lowest BCUT2D eigenvalue weighted by molar-refractivity contribution is -0.00285. The highest BCUT2D eigenvalue weighted by Crippen LogP contribution is 2.60. The summed E-state index contributed by atoms with van der Waals surface area (Å²) in [5.41, 5.74) is 2.63. The standard InChI is InChI=1S/C18H20/c1-2-14-5-3-4-6-17(14)18-15-8-12-7-13(10-15)11-16(18)9-12/h1,3-6,12-13,15-16,18H,7-11H2. The molecule has 0 heterocycles. The molecule has 0 N–H and O–H groups in total. The van der Waals surface area contributed by atoms with E-state index in [1.54, 1.807) is 0 Å². The molecule has 1 aromatic rings. The van der Waals surface area contributed by atoms with Crippen LogP contribution in [0.5, 0.6) is 0 Å². The van der Waals surface area contributed by atoms with Gasteiger partial charge in [-0.2, -0.15) is 0 Å². The summed E-state index contributed by atoms with van der Waals surface area (Å²) in [4.78, 5) is 0. The Labute approximate surface area is 110 Å². The first-order valence-corrected chi connectivity index (χ1v) is 7.40. The predicted molar refractivity (Wildman–Crippen MR) is 74.2 cm³/mol. The van der Waals surface area contributed by atoms with Gasteiger partial charge in [0.1, 0.15) is 0 Å². The third-order valence-corrected chi connectivity index (χ3v) is 5.70. The van der Waals surface area contributed by atoms with Crippen molar-refractivity contribution in [2.45, 2.75) is 38.0 Å². The van der Waals surface area contributed by atoms with Gasteiger partial charge in [-0.3, -0.25) is 0 Å². The van der Waals surface area contributed by atoms with Crippen LogP contribution < -0.4 is 0 Å². The van der Waals surface area contributed by atoms with Gasteiger partial charge in [0, 0.05) is 5.56 Å². The van der Waals surface area contributed by atoms with Gasteiger partial charge >= 0.3 is 0 Å². The lowest BCUT2D eigenvalue weighted by Crippen LogP contribution is -2.43. The number of terminal acetylenes is 1. The minimum absolute atomic E-state index is 0.769. The molecule has 0 unspecified atom stereocenters. The maximum absolute atomic E-state index is 5.69. The molecular formula is C18H20. The monoisotopic (exact) mass is 236 g/mol. The lowest BCUT2D eigenvalue weighted by Gasteiger charge is -2.54. The van der Waals surface area contributed by atoms with E-state index in [1.807, 2.05) is 0 Å². The molecule has 1 aromatic carbocycles. The number of hydrogen-bond donors (Lipinski definition) is 0. The zero-order valence-corrected chi connectivity index (χ0v) is 10.8. The van der Waals surface area contributed by atoms with Gasteiger partial charge in [-0.25, -0.2) is 0 Å². The first-order chi connectivity index (χ1) is 8.85. The summed E-state index contributed by atoms with van der Waals surface area (Å²) < 4.78 is 0. The number of rotatable bonds is 1. The van der Waals surface area contributed by atoms with Gasteiger partial charge in [0.2, 0.25) is 0 Å². The van der Waals surface area contributed by atoms with Crippen molar-refractivity contribution in [3.63, 3.8) is 0 Å². The Morgan fingerprint density at radius 2 is 1.50 bits per heavy atom. The van der Waals surface area contributed by atoms with Crippen LogP contribution in [0.25, 0.3) is 0 Å². The summed E-state index contributed by atoms with van der Waals surface area (Å²) in [7, 11) is 0. The topological polar surface area (TPSA) is 0 Å². The molecule has 4 bridgehead atoms. The first-order valence-electron chi connectivity index (χ1n) is 7.40. The van der Waals surface area contributed by atoms with E-state index < -0.39 is 0 Å². The summed E-state index contributed by atoms with van der Waals surface area (Å²) in [5, 5.41) is 0. The largest absolute Gasteiger partial charge is 0.115 e. The summed E-state index contributed by atoms with van der Waals surface area (Å²) in [5.74, 6) is 7.61. The van der Waals surface area contributed by atoms with E-state index in [9.17, 15) is 0 Å². The van der Waals surface area contributed by atoms with Crippen LogP contribution in [0.2, 0.25) is 0 Å². The maximum Gasteiger partial charge on any atom is 0.0277 e. The second kappa shape index (κ2) is 3.89. The predicted octanol–water partition coefficient (Wildman–Crippen LogP) is 4.21. The van der Waals surface area contributed by atoms with E-state index in [2.05, 4.69) is 30.2 Å². The second-order valence-corrected chi connectivity index (χ2v) is 6.69. The van der Waals surface area contributed by atoms with Crippen molar-refractivity contribution in [1.29, 1.82) is 0 Å². The Morgan fingerprint density at radius 3 is 2.11 bits per heavy atom. The maximum atomic E-state index is 5.69. The van der Waals surface area contributed by atoms with Crippen molar-refractivity contribution in [2.24, 2.45) is 23.7 Å². The molecule has 0 spiro atoms. The molecule has 4 aliphatic carbocycles. The van der Waals surface area contributed by atoms with E-state index in [0.29, 0.717) is 0 Å². The Morgan fingerprint density at radius 1 is 0.889 bits per heavy atom. The molecule has 0 aromatic heterocycles. The van der Waals surface area contributed by atoms with Crippen LogP contribution in [-0.4, -0.2) is 0 Å². The number of benzene rings is 1. The van der Waals surface area contributed by atoms with Crippen LogP contribution in [0.4, 0.5) is 0 Å². The molecule has 0 amide bonds. The van der Waals surface area contributed by atoms with Crippen molar-refractivity contribution in [3.8, 4) is 12.3 Å². The SMILES string of the molecule is C#Cc1ccccc1C1C2CC3CC(C2)CC1C3. The first kappa shape index (κ1) is 10.7. The van der Waals surface area contributed by atoms with Crippen molar-refractivity contribution in [2.75, 3.05) is 0 Å². The van der Waals surface area contributed by atoms with E-state index in [4.69, 9.17) is 6.42 Å². The van der Waals surface area contributed by atoms with Gasteiger partial charge in [0.05, 0.1) is 0 Å². The molecule has 4 aliphatic rings. The van der Waals surface area contributed by atoms with Gasteiger partial charge in [-0.1, -0.05) is 24.1 Å². The third-order valence-electron chi connectivity index (χ3n) is 5.70. The number of hydrogen-bond acceptors (Lipinski definition) is 0. The smallest absolute Gasteiger partial charge is 0.0277 e. The summed E-state index contributed by atoms with van der Waals surface area (Å²) in [6.45, 7) is 0. The van der Waals surface area contributed by atoms with Crippen molar-refractivity contribution in [1.82, 2.24) is 0 Å². The summed E-state index contributed by atoms with van der Waals surface area (Å²) >= 11 is 0. The van der Waals surface area contributed by atoms with Gasteiger partial charge in [0.25, 0.3) is 0 Å². The molecule has 92 valence electrons. The fourth-order valence-electron chi connectivity index (χ4n) is 5.35. The Kier molecular flexibility index (Phi) is 2.31. The van der Waals surface area contributed by atoms with Crippen LogP contribution in [0.3, 0.4) is 0 Å². The molecule has 0 saturated heterocycles. The Hall–Kier alpha value is -1.22. The molecule has 18 heavy (non-hydrogen) atoms. The lowest BCUT2D eigenvalue weighted by atomic mass is 9.50. The van der Waals surface area contributed by atoms with Crippen LogP contribution in [0.1, 0.15) is 49.1 Å². The van der Waals surface area contributed by atoms with Crippen LogP contribution in [0, 0.1) is 36.0 Å². The average Bonchev–Trinajstić information content (AvgIpc) is 2.38. The average molecular weight is 236 g/mol. The highest BCUT2D eigenvalue weighted by Gasteiger charge is 2.48. The Bertz CT molecular complexity index is 477. The van der Waals surface area contributed by atoms with Crippen LogP contribution >= 0.6 is 0 Å². The molecule has 4 saturated carbocycles. The third kappa shape index (κ3) is 1.46. The molecule has 0 atom stereocenters. The fourth-order valence-corrected chi connectivity index (χ4v) is 5.35. The summed E-state index contributed by atoms with van der Waals surface area (Å²) in [6.07, 6.45) is 13.1. The fraction of sp³-hybridized carbons (Fsp3) is 0.556. The molecule has 0 heteroatoms. The zero-order chi connectivity index (χ0) is 12.1. The van der Waals surface area contributed by atoms with Crippen LogP contribution in [-0.2, 0) is 0 Å². The molecule has 0 radical (unpaired) electrons. The highest BCUT2D eigenvalue weighted by molar-refractivity contribution is 5.43. The minimum atomic E-state index is 0.769. The molecule has 0 aliphatic heterocycles. The molecular weight excluding hydrogens is 216 g/mol. The highest BCUT2D eigenvalue weighted by atomic mass is 14.5. The molecule has 4 fully saturated rings. The normalized spacial score (nSPS) is 40.7. The van der Waals surface area contributed by atoms with Gasteiger partial charge in [0.15, 0.2) is 0 Å². The van der Waals surface area contributed by atoms with Gasteiger partial charge < -0.3 is 0 Å². The minimum Gasteiger partial charge on any atom is -0.115 e. The van der Waals surface area contributed by atoms with Crippen molar-refractivity contribution in [3.05, 3.63) is 35.4 Å². The summed E-state index contributed by atoms with van der Waals surface area (Å²) in [6, 6.07) is 8.67. The van der Waals surface area contributed by atoms with E-state index in [-0.39, 0.29) is 0 Å². The molecule has 0 nitrogen and oxygen atoms in total. The van der Waals surface area contributed by atoms with Crippen molar-refractivity contribution >= 4 is 0 Å². The second-order valence-electron chi connectivity index (χ2n) is 6.69. The van der Waals surface area contributed by atoms with Gasteiger partial charge in [-0.15, -0.1) is 6.42 Å². The van der Waals surface area contributed by atoms with Gasteiger partial charge in [-0.05, 0) is 73.3 Å². The van der Waals surface area contributed by atoms with E-state index in [1.165, 1.54) is 37.7 Å². The van der Waals surface area contributed by atoms with E-state index in [0.717, 1.165) is 35.2 Å². The zero-order valence-electron chi connectivity index (χ0n) is 10.8. The van der Waals surface area contributed by atoms with E-state index >= 15 is 0 Å². The Balaban J connectivity index is 1.75. The van der Waals surface area contributed by atoms with Crippen LogP contribution in [0.15, 0.2) is 24.3 Å². The van der Waals surface area contributed by atoms with Crippen molar-refractivity contribution < 1.29 is 0 Å². The quantitative estimate of drug-likeness (QED) is 0.641.